The summed E-state index contributed by atoms with van der Waals surface area (Å²) in [5, 5.41) is 32.8. The van der Waals surface area contributed by atoms with Crippen molar-refractivity contribution in [2.75, 3.05) is 0 Å². The van der Waals surface area contributed by atoms with Crippen LogP contribution in [0.3, 0.4) is 0 Å². The molecule has 1 heterocycles. The zero-order valence-corrected chi connectivity index (χ0v) is 28.5. The maximum absolute atomic E-state index is 12.3. The molecule has 0 aliphatic carbocycles. The van der Waals surface area contributed by atoms with Crippen molar-refractivity contribution in [2.24, 2.45) is 47.2 Å². The first-order valence-electron chi connectivity index (χ1n) is 15.9. The van der Waals surface area contributed by atoms with Gasteiger partial charge in [0.25, 0.3) is 0 Å². The van der Waals surface area contributed by atoms with Gasteiger partial charge in [-0.15, -0.1) is 0 Å². The number of nitrogens with two attached hydrogens (primary N) is 1. The first kappa shape index (κ1) is 40.1. The number of aliphatic hydroxyl groups is 3. The third-order valence-electron chi connectivity index (χ3n) is 8.88. The van der Waals surface area contributed by atoms with Crippen molar-refractivity contribution >= 4 is 18.0 Å². The number of hydrogen-bond acceptors (Lipinski definition) is 9. The van der Waals surface area contributed by atoms with Crippen LogP contribution in [0, 0.1) is 41.4 Å². The maximum Gasteiger partial charge on any atom is 0.404 e. The second-order valence-corrected chi connectivity index (χ2v) is 13.0. The van der Waals surface area contributed by atoms with E-state index in [2.05, 4.69) is 6.58 Å². The van der Waals surface area contributed by atoms with Gasteiger partial charge in [0, 0.05) is 42.9 Å². The van der Waals surface area contributed by atoms with Gasteiger partial charge in [0.1, 0.15) is 18.3 Å². The molecule has 5 N–H and O–H groups in total. The van der Waals surface area contributed by atoms with Gasteiger partial charge in [0.15, 0.2) is 0 Å². The predicted octanol–water partition coefficient (Wildman–Crippen LogP) is 4.87. The number of carbonyl (C=O) groups is 3. The molecule has 0 spiro atoms. The number of ether oxygens (including phenoxy) is 3. The number of primary amides is 1. The van der Waals surface area contributed by atoms with Crippen molar-refractivity contribution < 1.29 is 43.9 Å². The lowest BCUT2D eigenvalue weighted by Gasteiger charge is -2.38. The molecule has 45 heavy (non-hydrogen) atoms. The zero-order chi connectivity index (χ0) is 34.6. The number of allylic oxidation sites excluding steroid dienone is 3. The van der Waals surface area contributed by atoms with Gasteiger partial charge in [0.2, 0.25) is 0 Å². The monoisotopic (exact) mass is 635 g/mol. The highest BCUT2D eigenvalue weighted by Gasteiger charge is 2.44. The summed E-state index contributed by atoms with van der Waals surface area (Å²) in [7, 11) is 0. The number of rotatable bonds is 17. The van der Waals surface area contributed by atoms with Gasteiger partial charge in [0.05, 0.1) is 24.2 Å². The Morgan fingerprint density at radius 1 is 0.978 bits per heavy atom. The van der Waals surface area contributed by atoms with E-state index in [9.17, 15) is 29.7 Å². The summed E-state index contributed by atoms with van der Waals surface area (Å²) in [6.07, 6.45) is 6.05. The number of carbonyl (C=O) groups excluding carboxylic acids is 3. The van der Waals surface area contributed by atoms with E-state index in [1.54, 1.807) is 31.2 Å². The van der Waals surface area contributed by atoms with Gasteiger partial charge in [-0.05, 0) is 26.2 Å². The summed E-state index contributed by atoms with van der Waals surface area (Å²) >= 11 is 0. The Hall–Kier alpha value is -2.95. The molecule has 0 aromatic rings. The highest BCUT2D eigenvalue weighted by molar-refractivity contribution is 5.75. The molecule has 0 unspecified atom stereocenters. The fourth-order valence-corrected chi connectivity index (χ4v) is 6.19. The first-order chi connectivity index (χ1) is 20.9. The van der Waals surface area contributed by atoms with E-state index in [1.807, 2.05) is 60.6 Å². The smallest absolute Gasteiger partial charge is 0.404 e. The van der Waals surface area contributed by atoms with Crippen molar-refractivity contribution in [2.45, 2.75) is 112 Å². The van der Waals surface area contributed by atoms with E-state index in [0.29, 0.717) is 6.42 Å². The fraction of sp³-hybridized carbons (Fsp3) is 0.686. The Kier molecular flexibility index (Phi) is 16.8. The Morgan fingerprint density at radius 2 is 1.60 bits per heavy atom. The molecule has 1 rings (SSSR count). The minimum absolute atomic E-state index is 0.137. The minimum Gasteiger partial charge on any atom is -0.462 e. The van der Waals surface area contributed by atoms with Crippen LogP contribution in [0.1, 0.15) is 75.2 Å². The van der Waals surface area contributed by atoms with Crippen molar-refractivity contribution in [3.05, 3.63) is 48.6 Å². The molecule has 1 saturated heterocycles. The molecular weight excluding hydrogens is 578 g/mol. The largest absolute Gasteiger partial charge is 0.462 e. The van der Waals surface area contributed by atoms with Crippen molar-refractivity contribution in [3.8, 4) is 0 Å². The second kappa shape index (κ2) is 18.9. The van der Waals surface area contributed by atoms with Gasteiger partial charge in [-0.1, -0.05) is 90.2 Å². The Bertz CT molecular complexity index is 1070. The van der Waals surface area contributed by atoms with E-state index in [4.69, 9.17) is 19.9 Å². The number of hydrogen-bond donors (Lipinski definition) is 4. The zero-order valence-electron chi connectivity index (χ0n) is 28.5. The SMILES string of the molecule is C=C/C=C\[C@H](C)[C@H](OC(N)=O)[C@@H](C)[C@H](O)[C@@H](C)C/C(C)=C\[C@H](C)[C@@H](O)[C@@H](C)/C=C\[C@@H](O)C[C@@H]1OC(=O)[C@H](C)[C@@H](OC(C)=O)[C@H]1C. The van der Waals surface area contributed by atoms with E-state index in [-0.39, 0.29) is 41.9 Å². The molecule has 10 heteroatoms. The molecule has 256 valence electrons. The lowest BCUT2D eigenvalue weighted by Crippen LogP contribution is -2.49. The highest BCUT2D eigenvalue weighted by Crippen LogP contribution is 2.32. The summed E-state index contributed by atoms with van der Waals surface area (Å²) in [5.41, 5.74) is 6.30. The Labute approximate surface area is 269 Å². The van der Waals surface area contributed by atoms with Crippen LogP contribution in [0.15, 0.2) is 48.6 Å². The fourth-order valence-electron chi connectivity index (χ4n) is 6.19. The summed E-state index contributed by atoms with van der Waals surface area (Å²) in [6.45, 7) is 19.8. The molecule has 0 aromatic heterocycles. The standard InChI is InChI=1S/C35H57NO9/c1-11-12-13-21(4)32(45-35(36)42)25(8)31(40)23(6)17-19(2)16-22(5)30(39)20(3)14-15-28(38)18-29-24(7)33(43-27(10)37)26(9)34(41)44-29/h11-16,20-26,28-33,38-40H,1,17-18H2,2-10H3,(H2,36,42)/b13-12-,15-14-,19-16-/t20-,21-,22-,23-,24-,25-,26+,28+,29-,30-,31+,32-,33-/m0/s1. The van der Waals surface area contributed by atoms with E-state index in [0.717, 1.165) is 5.57 Å². The van der Waals surface area contributed by atoms with Crippen LogP contribution in [0.4, 0.5) is 4.79 Å². The van der Waals surface area contributed by atoms with Crippen LogP contribution in [0.25, 0.3) is 0 Å². The maximum atomic E-state index is 12.3. The molecule has 1 amide bonds. The molecule has 0 radical (unpaired) electrons. The second-order valence-electron chi connectivity index (χ2n) is 13.0. The molecule has 0 bridgehead atoms. The third-order valence-corrected chi connectivity index (χ3v) is 8.88. The molecule has 0 saturated carbocycles. The number of aliphatic hydroxyl groups excluding tert-OH is 3. The molecule has 0 aromatic carbocycles. The summed E-state index contributed by atoms with van der Waals surface area (Å²) in [6, 6.07) is 0. The molecule has 1 aliphatic heterocycles. The minimum atomic E-state index is -0.930. The average molecular weight is 636 g/mol. The Morgan fingerprint density at radius 3 is 2.16 bits per heavy atom. The summed E-state index contributed by atoms with van der Waals surface area (Å²) in [4.78, 5) is 35.4. The molecule has 1 aliphatic rings. The Balaban J connectivity index is 2.80. The molecule has 10 nitrogen and oxygen atoms in total. The normalized spacial score (nSPS) is 27.0. The predicted molar refractivity (Wildman–Crippen MR) is 174 cm³/mol. The summed E-state index contributed by atoms with van der Waals surface area (Å²) < 4.78 is 16.2. The molecular formula is C35H57NO9. The third kappa shape index (κ3) is 12.8. The van der Waals surface area contributed by atoms with Crippen molar-refractivity contribution in [3.63, 3.8) is 0 Å². The first-order valence-corrected chi connectivity index (χ1v) is 15.9. The lowest BCUT2D eigenvalue weighted by molar-refractivity contribution is -0.188. The van der Waals surface area contributed by atoms with Crippen LogP contribution in [-0.4, -0.2) is 70.0 Å². The van der Waals surface area contributed by atoms with E-state index in [1.165, 1.54) is 6.92 Å². The lowest BCUT2D eigenvalue weighted by atomic mass is 9.81. The van der Waals surface area contributed by atoms with Crippen LogP contribution in [0.5, 0.6) is 0 Å². The van der Waals surface area contributed by atoms with Gasteiger partial charge in [-0.2, -0.15) is 0 Å². The van der Waals surface area contributed by atoms with Gasteiger partial charge in [-0.25, -0.2) is 4.79 Å². The summed E-state index contributed by atoms with van der Waals surface area (Å²) in [5.74, 6) is -3.06. The van der Waals surface area contributed by atoms with Gasteiger partial charge in [-0.3, -0.25) is 9.59 Å². The van der Waals surface area contributed by atoms with Crippen LogP contribution in [0.2, 0.25) is 0 Å². The number of cyclic esters (lactones) is 1. The van der Waals surface area contributed by atoms with E-state index < -0.39 is 60.6 Å². The van der Waals surface area contributed by atoms with Gasteiger partial charge < -0.3 is 35.3 Å². The van der Waals surface area contributed by atoms with E-state index >= 15 is 0 Å². The molecule has 1 fully saturated rings. The van der Waals surface area contributed by atoms with Crippen LogP contribution >= 0.6 is 0 Å². The van der Waals surface area contributed by atoms with Crippen molar-refractivity contribution in [1.29, 1.82) is 0 Å². The average Bonchev–Trinajstić information content (AvgIpc) is 2.96. The quantitative estimate of drug-likeness (QED) is 0.0755. The van der Waals surface area contributed by atoms with Crippen molar-refractivity contribution in [1.82, 2.24) is 0 Å². The number of esters is 2. The molecule has 13 atom stereocenters. The topological polar surface area (TPSA) is 166 Å². The highest BCUT2D eigenvalue weighted by atomic mass is 16.6. The van der Waals surface area contributed by atoms with Crippen LogP contribution < -0.4 is 5.73 Å². The number of amides is 1. The van der Waals surface area contributed by atoms with Gasteiger partial charge >= 0.3 is 18.0 Å². The van der Waals surface area contributed by atoms with Crippen LogP contribution in [-0.2, 0) is 23.8 Å².